The molecule has 0 saturated heterocycles. The molecule has 7 N–H and O–H groups in total. The standard InChI is InChI=1S/C16H28N4O7S/c1-7(2)12(17)15(25)18-8(3)13(23)19-9(4-5-11(21)22)14(24)20-10(6-28)16(26)27/h7-10,12,28H,4-6,17H2,1-3H3,(H,18,25)(H,19,23)(H,20,24)(H,21,22)(H,26,27). The summed E-state index contributed by atoms with van der Waals surface area (Å²) in [7, 11) is 0. The monoisotopic (exact) mass is 420 g/mol. The first-order chi connectivity index (χ1) is 12.9. The molecule has 0 aromatic rings. The summed E-state index contributed by atoms with van der Waals surface area (Å²) in [6.45, 7) is 4.85. The summed E-state index contributed by atoms with van der Waals surface area (Å²) >= 11 is 3.82. The van der Waals surface area contributed by atoms with Gasteiger partial charge in [0, 0.05) is 12.2 Å². The van der Waals surface area contributed by atoms with Gasteiger partial charge in [-0.15, -0.1) is 0 Å². The van der Waals surface area contributed by atoms with Crippen LogP contribution in [0.2, 0.25) is 0 Å². The van der Waals surface area contributed by atoms with Gasteiger partial charge in [-0.05, 0) is 19.3 Å². The molecule has 4 atom stereocenters. The normalized spacial score (nSPS) is 15.1. The lowest BCUT2D eigenvalue weighted by atomic mass is 10.0. The van der Waals surface area contributed by atoms with Crippen LogP contribution in [0.3, 0.4) is 0 Å². The van der Waals surface area contributed by atoms with Crippen LogP contribution in [0, 0.1) is 5.92 Å². The van der Waals surface area contributed by atoms with Crippen molar-refractivity contribution in [1.29, 1.82) is 0 Å². The first-order valence-corrected chi connectivity index (χ1v) is 9.26. The van der Waals surface area contributed by atoms with Crippen molar-refractivity contribution in [2.75, 3.05) is 5.75 Å². The van der Waals surface area contributed by atoms with E-state index in [-0.39, 0.29) is 18.1 Å². The number of rotatable bonds is 12. The van der Waals surface area contributed by atoms with Crippen LogP contribution in [-0.4, -0.2) is 69.8 Å². The SMILES string of the molecule is CC(NC(=O)C(N)C(C)C)C(=O)NC(CCC(=O)O)C(=O)NC(CS)C(=O)O. The number of nitrogens with one attached hydrogen (secondary N) is 3. The molecule has 0 aliphatic rings. The fourth-order valence-electron chi connectivity index (χ4n) is 1.97. The van der Waals surface area contributed by atoms with E-state index in [0.717, 1.165) is 0 Å². The molecule has 28 heavy (non-hydrogen) atoms. The number of carbonyl (C=O) groups is 5. The van der Waals surface area contributed by atoms with Gasteiger partial charge in [0.1, 0.15) is 18.1 Å². The van der Waals surface area contributed by atoms with Gasteiger partial charge in [0.05, 0.1) is 6.04 Å². The van der Waals surface area contributed by atoms with Gasteiger partial charge in [0.2, 0.25) is 17.7 Å². The van der Waals surface area contributed by atoms with Crippen LogP contribution in [0.25, 0.3) is 0 Å². The molecule has 0 fully saturated rings. The van der Waals surface area contributed by atoms with Crippen LogP contribution < -0.4 is 21.7 Å². The highest BCUT2D eigenvalue weighted by Crippen LogP contribution is 2.02. The number of nitrogens with two attached hydrogens (primary N) is 1. The lowest BCUT2D eigenvalue weighted by molar-refractivity contribution is -0.142. The number of hydrogen-bond donors (Lipinski definition) is 7. The molecule has 11 nitrogen and oxygen atoms in total. The molecule has 0 rings (SSSR count). The van der Waals surface area contributed by atoms with Gasteiger partial charge in [0.15, 0.2) is 0 Å². The van der Waals surface area contributed by atoms with Gasteiger partial charge in [-0.1, -0.05) is 13.8 Å². The summed E-state index contributed by atoms with van der Waals surface area (Å²) in [5.41, 5.74) is 5.70. The van der Waals surface area contributed by atoms with Gasteiger partial charge in [-0.2, -0.15) is 12.6 Å². The van der Waals surface area contributed by atoms with Crippen molar-refractivity contribution in [2.45, 2.75) is 57.8 Å². The summed E-state index contributed by atoms with van der Waals surface area (Å²) in [4.78, 5) is 58.3. The molecule has 4 unspecified atom stereocenters. The fourth-order valence-corrected chi connectivity index (χ4v) is 2.22. The topological polar surface area (TPSA) is 188 Å². The van der Waals surface area contributed by atoms with Crippen LogP contribution in [0.1, 0.15) is 33.6 Å². The van der Waals surface area contributed by atoms with Crippen LogP contribution in [0.15, 0.2) is 0 Å². The number of carboxylic acid groups (broad SMARTS) is 2. The Labute approximate surface area is 168 Å². The van der Waals surface area contributed by atoms with E-state index in [0.29, 0.717) is 0 Å². The van der Waals surface area contributed by atoms with Gasteiger partial charge >= 0.3 is 11.9 Å². The van der Waals surface area contributed by atoms with Gasteiger partial charge in [-0.3, -0.25) is 19.2 Å². The summed E-state index contributed by atoms with van der Waals surface area (Å²) in [6, 6.07) is -4.48. The number of aliphatic carboxylic acids is 2. The Morgan fingerprint density at radius 3 is 1.86 bits per heavy atom. The fraction of sp³-hybridized carbons (Fsp3) is 0.688. The lowest BCUT2D eigenvalue weighted by Gasteiger charge is -2.23. The zero-order valence-corrected chi connectivity index (χ0v) is 16.9. The van der Waals surface area contributed by atoms with Crippen LogP contribution in [-0.2, 0) is 24.0 Å². The molecule has 3 amide bonds. The zero-order valence-electron chi connectivity index (χ0n) is 16.0. The molecule has 12 heteroatoms. The van der Waals surface area contributed by atoms with Gasteiger partial charge in [-0.25, -0.2) is 4.79 Å². The second-order valence-electron chi connectivity index (χ2n) is 6.58. The molecule has 0 radical (unpaired) electrons. The largest absolute Gasteiger partial charge is 0.481 e. The quantitative estimate of drug-likeness (QED) is 0.182. The third-order valence-electron chi connectivity index (χ3n) is 3.85. The number of amides is 3. The Morgan fingerprint density at radius 2 is 1.43 bits per heavy atom. The minimum atomic E-state index is -1.32. The van der Waals surface area contributed by atoms with E-state index < -0.39 is 60.2 Å². The highest BCUT2D eigenvalue weighted by atomic mass is 32.1. The molecule has 0 aromatic carbocycles. The minimum Gasteiger partial charge on any atom is -0.481 e. The second kappa shape index (κ2) is 12.2. The first-order valence-electron chi connectivity index (χ1n) is 8.62. The number of hydrogen-bond acceptors (Lipinski definition) is 7. The summed E-state index contributed by atoms with van der Waals surface area (Å²) in [6.07, 6.45) is -0.700. The summed E-state index contributed by atoms with van der Waals surface area (Å²) < 4.78 is 0. The van der Waals surface area contributed by atoms with Crippen LogP contribution in [0.5, 0.6) is 0 Å². The molecule has 0 spiro atoms. The Hall–Kier alpha value is -2.34. The number of carbonyl (C=O) groups excluding carboxylic acids is 3. The number of carboxylic acids is 2. The predicted molar refractivity (Wildman–Crippen MR) is 103 cm³/mol. The average molecular weight is 420 g/mol. The molecular weight excluding hydrogens is 392 g/mol. The lowest BCUT2D eigenvalue weighted by Crippen LogP contribution is -2.57. The molecule has 0 saturated carbocycles. The Morgan fingerprint density at radius 1 is 0.893 bits per heavy atom. The van der Waals surface area contributed by atoms with Crippen molar-refractivity contribution in [2.24, 2.45) is 11.7 Å². The predicted octanol–water partition coefficient (Wildman–Crippen LogP) is -1.68. The van der Waals surface area contributed by atoms with Crippen molar-refractivity contribution in [1.82, 2.24) is 16.0 Å². The second-order valence-corrected chi connectivity index (χ2v) is 6.94. The maximum atomic E-state index is 12.3. The average Bonchev–Trinajstić information content (AvgIpc) is 2.60. The number of thiol groups is 1. The molecule has 0 aromatic heterocycles. The highest BCUT2D eigenvalue weighted by Gasteiger charge is 2.29. The summed E-state index contributed by atoms with van der Waals surface area (Å²) in [5.74, 6) is -5.03. The zero-order chi connectivity index (χ0) is 22.0. The van der Waals surface area contributed by atoms with Crippen LogP contribution in [0.4, 0.5) is 0 Å². The molecule has 0 aliphatic carbocycles. The third-order valence-corrected chi connectivity index (χ3v) is 4.22. The molecular formula is C16H28N4O7S. The highest BCUT2D eigenvalue weighted by molar-refractivity contribution is 7.80. The van der Waals surface area contributed by atoms with Gasteiger partial charge < -0.3 is 31.9 Å². The van der Waals surface area contributed by atoms with E-state index >= 15 is 0 Å². The molecule has 0 heterocycles. The van der Waals surface area contributed by atoms with Gasteiger partial charge in [0.25, 0.3) is 0 Å². The maximum Gasteiger partial charge on any atom is 0.327 e. The maximum absolute atomic E-state index is 12.3. The van der Waals surface area contributed by atoms with Crippen molar-refractivity contribution in [3.63, 3.8) is 0 Å². The van der Waals surface area contributed by atoms with Crippen molar-refractivity contribution in [3.05, 3.63) is 0 Å². The van der Waals surface area contributed by atoms with E-state index in [1.54, 1.807) is 13.8 Å². The van der Waals surface area contributed by atoms with E-state index in [1.165, 1.54) is 6.92 Å². The van der Waals surface area contributed by atoms with E-state index in [1.807, 2.05) is 0 Å². The Bertz CT molecular complexity index is 600. The van der Waals surface area contributed by atoms with E-state index in [2.05, 4.69) is 28.6 Å². The van der Waals surface area contributed by atoms with Crippen LogP contribution >= 0.6 is 12.6 Å². The molecule has 160 valence electrons. The van der Waals surface area contributed by atoms with Crippen molar-refractivity contribution in [3.8, 4) is 0 Å². The van der Waals surface area contributed by atoms with Crippen molar-refractivity contribution >= 4 is 42.3 Å². The van der Waals surface area contributed by atoms with Crippen molar-refractivity contribution < 1.29 is 34.2 Å². The Balaban J connectivity index is 5.08. The molecule has 0 aliphatic heterocycles. The Kier molecular flexibility index (Phi) is 11.2. The molecule has 0 bridgehead atoms. The van der Waals surface area contributed by atoms with E-state index in [4.69, 9.17) is 15.9 Å². The minimum absolute atomic E-state index is 0.154. The third kappa shape index (κ3) is 9.04. The van der Waals surface area contributed by atoms with E-state index in [9.17, 15) is 24.0 Å². The smallest absolute Gasteiger partial charge is 0.327 e. The first kappa shape index (κ1) is 25.7. The summed E-state index contributed by atoms with van der Waals surface area (Å²) in [5, 5.41) is 24.7.